The van der Waals surface area contributed by atoms with Gasteiger partial charge in [0.2, 0.25) is 11.8 Å². The van der Waals surface area contributed by atoms with Crippen molar-refractivity contribution in [2.45, 2.75) is 6.42 Å². The Kier molecular flexibility index (Phi) is 5.41. The predicted octanol–water partition coefficient (Wildman–Crippen LogP) is 3.36. The Hall–Kier alpha value is -2.94. The summed E-state index contributed by atoms with van der Waals surface area (Å²) in [5, 5.41) is 13.6. The van der Waals surface area contributed by atoms with Crippen molar-refractivity contribution in [3.05, 3.63) is 57.1 Å². The van der Waals surface area contributed by atoms with Gasteiger partial charge in [0.25, 0.3) is 5.69 Å². The Morgan fingerprint density at radius 1 is 1.33 bits per heavy atom. The standard InChI is InChI=1S/C18H16BrN3O5/c1-27-16-7-6-12(22(25)26)9-14(16)20-18(24)11-8-17(23)21(10-11)15-5-3-2-4-13(15)19/h2-7,9,11H,8,10H2,1H3,(H,20,24). The molecule has 1 aliphatic rings. The average Bonchev–Trinajstić information content (AvgIpc) is 3.03. The van der Waals surface area contributed by atoms with Crippen LogP contribution in [0.3, 0.4) is 0 Å². The van der Waals surface area contributed by atoms with Gasteiger partial charge in [-0.2, -0.15) is 0 Å². The third-order valence-electron chi connectivity index (χ3n) is 4.29. The Morgan fingerprint density at radius 2 is 2.07 bits per heavy atom. The lowest BCUT2D eigenvalue weighted by Crippen LogP contribution is -2.28. The number of halogens is 1. The third kappa shape index (κ3) is 3.92. The number of hydrogen-bond acceptors (Lipinski definition) is 5. The molecule has 140 valence electrons. The number of benzene rings is 2. The van der Waals surface area contributed by atoms with E-state index in [2.05, 4.69) is 21.2 Å². The van der Waals surface area contributed by atoms with Gasteiger partial charge in [-0.1, -0.05) is 12.1 Å². The minimum atomic E-state index is -0.575. The number of methoxy groups -OCH3 is 1. The van der Waals surface area contributed by atoms with Crippen LogP contribution in [0.1, 0.15) is 6.42 Å². The van der Waals surface area contributed by atoms with Crippen LogP contribution in [0, 0.1) is 16.0 Å². The highest BCUT2D eigenvalue weighted by molar-refractivity contribution is 9.10. The molecule has 1 saturated heterocycles. The minimum absolute atomic E-state index is 0.0599. The summed E-state index contributed by atoms with van der Waals surface area (Å²) >= 11 is 3.41. The van der Waals surface area contributed by atoms with E-state index in [1.807, 2.05) is 18.2 Å². The van der Waals surface area contributed by atoms with Gasteiger partial charge in [-0.15, -0.1) is 0 Å². The number of nitro groups is 1. The van der Waals surface area contributed by atoms with Crippen LogP contribution in [0.15, 0.2) is 46.9 Å². The SMILES string of the molecule is COc1ccc([N+](=O)[O-])cc1NC(=O)C1CC(=O)N(c2ccccc2Br)C1. The van der Waals surface area contributed by atoms with E-state index in [1.165, 1.54) is 25.3 Å². The number of nitrogens with one attached hydrogen (secondary N) is 1. The van der Waals surface area contributed by atoms with Crippen molar-refractivity contribution in [1.29, 1.82) is 0 Å². The number of anilines is 2. The fraction of sp³-hybridized carbons (Fsp3) is 0.222. The molecule has 3 rings (SSSR count). The molecule has 0 spiro atoms. The van der Waals surface area contributed by atoms with Gasteiger partial charge < -0.3 is 15.0 Å². The van der Waals surface area contributed by atoms with Crippen molar-refractivity contribution >= 4 is 44.8 Å². The lowest BCUT2D eigenvalue weighted by atomic mass is 10.1. The van der Waals surface area contributed by atoms with Gasteiger partial charge in [0.1, 0.15) is 5.75 Å². The number of hydrogen-bond donors (Lipinski definition) is 1. The number of ether oxygens (including phenoxy) is 1. The molecule has 1 N–H and O–H groups in total. The van der Waals surface area contributed by atoms with Crippen molar-refractivity contribution in [2.75, 3.05) is 23.9 Å². The van der Waals surface area contributed by atoms with Gasteiger partial charge >= 0.3 is 0 Å². The van der Waals surface area contributed by atoms with Gasteiger partial charge in [0.05, 0.1) is 29.3 Å². The molecule has 0 radical (unpaired) electrons. The molecule has 2 aromatic rings. The average molecular weight is 434 g/mol. The van der Waals surface area contributed by atoms with Crippen molar-refractivity contribution in [1.82, 2.24) is 0 Å². The third-order valence-corrected chi connectivity index (χ3v) is 4.96. The summed E-state index contributed by atoms with van der Waals surface area (Å²) in [6.07, 6.45) is 0.0599. The van der Waals surface area contributed by atoms with Crippen LogP contribution in [0.4, 0.5) is 17.1 Å². The Morgan fingerprint density at radius 3 is 2.74 bits per heavy atom. The summed E-state index contributed by atoms with van der Waals surface area (Å²) in [7, 11) is 1.41. The molecule has 1 aliphatic heterocycles. The maximum atomic E-state index is 12.6. The Labute approximate surface area is 163 Å². The predicted molar refractivity (Wildman–Crippen MR) is 103 cm³/mol. The highest BCUT2D eigenvalue weighted by Crippen LogP contribution is 2.33. The van der Waals surface area contributed by atoms with Crippen LogP contribution in [-0.2, 0) is 9.59 Å². The molecule has 1 heterocycles. The van der Waals surface area contributed by atoms with E-state index in [-0.39, 0.29) is 30.2 Å². The zero-order valence-corrected chi connectivity index (χ0v) is 15.9. The molecule has 0 saturated carbocycles. The minimum Gasteiger partial charge on any atom is -0.495 e. The topological polar surface area (TPSA) is 102 Å². The van der Waals surface area contributed by atoms with Crippen molar-refractivity contribution in [2.24, 2.45) is 5.92 Å². The second-order valence-corrected chi connectivity index (χ2v) is 6.84. The van der Waals surface area contributed by atoms with E-state index in [1.54, 1.807) is 11.0 Å². The number of rotatable bonds is 5. The number of nitro benzene ring substituents is 1. The largest absolute Gasteiger partial charge is 0.495 e. The first-order valence-electron chi connectivity index (χ1n) is 8.09. The van der Waals surface area contributed by atoms with Crippen LogP contribution in [0.25, 0.3) is 0 Å². The summed E-state index contributed by atoms with van der Waals surface area (Å²) in [6, 6.07) is 11.2. The zero-order valence-electron chi connectivity index (χ0n) is 14.3. The first kappa shape index (κ1) is 18.8. The van der Waals surface area contributed by atoms with E-state index in [0.29, 0.717) is 11.4 Å². The first-order chi connectivity index (χ1) is 12.9. The Balaban J connectivity index is 1.78. The fourth-order valence-electron chi connectivity index (χ4n) is 2.93. The van der Waals surface area contributed by atoms with E-state index < -0.39 is 16.7 Å². The molecular weight excluding hydrogens is 418 g/mol. The summed E-state index contributed by atoms with van der Waals surface area (Å²) in [5.74, 6) is -0.820. The molecule has 2 aromatic carbocycles. The molecule has 1 atom stereocenters. The molecule has 1 fully saturated rings. The summed E-state index contributed by atoms with van der Waals surface area (Å²) in [4.78, 5) is 37.0. The number of non-ortho nitro benzene ring substituents is 1. The van der Waals surface area contributed by atoms with Gasteiger partial charge in [-0.05, 0) is 34.1 Å². The van der Waals surface area contributed by atoms with Crippen LogP contribution >= 0.6 is 15.9 Å². The smallest absolute Gasteiger partial charge is 0.271 e. The van der Waals surface area contributed by atoms with Gasteiger partial charge in [-0.25, -0.2) is 0 Å². The summed E-state index contributed by atoms with van der Waals surface area (Å²) in [6.45, 7) is 0.227. The summed E-state index contributed by atoms with van der Waals surface area (Å²) < 4.78 is 5.91. The monoisotopic (exact) mass is 433 g/mol. The van der Waals surface area contributed by atoms with Crippen molar-refractivity contribution < 1.29 is 19.2 Å². The molecular formula is C18H16BrN3O5. The Bertz CT molecular complexity index is 918. The first-order valence-corrected chi connectivity index (χ1v) is 8.88. The zero-order chi connectivity index (χ0) is 19.6. The molecule has 9 heteroatoms. The number of carbonyl (C=O) groups is 2. The van der Waals surface area contributed by atoms with Crippen LogP contribution in [0.2, 0.25) is 0 Å². The van der Waals surface area contributed by atoms with Gasteiger partial charge in [0, 0.05) is 29.6 Å². The lowest BCUT2D eigenvalue weighted by Gasteiger charge is -2.18. The maximum absolute atomic E-state index is 12.6. The van der Waals surface area contributed by atoms with E-state index in [9.17, 15) is 19.7 Å². The fourth-order valence-corrected chi connectivity index (χ4v) is 3.43. The normalized spacial score (nSPS) is 16.3. The van der Waals surface area contributed by atoms with E-state index in [4.69, 9.17) is 4.74 Å². The second kappa shape index (κ2) is 7.75. The molecule has 1 unspecified atom stereocenters. The van der Waals surface area contributed by atoms with E-state index in [0.717, 1.165) is 4.47 Å². The van der Waals surface area contributed by atoms with Crippen LogP contribution < -0.4 is 15.0 Å². The number of nitrogens with zero attached hydrogens (tertiary/aromatic N) is 2. The molecule has 8 nitrogen and oxygen atoms in total. The molecule has 0 bridgehead atoms. The van der Waals surface area contributed by atoms with Crippen LogP contribution in [0.5, 0.6) is 5.75 Å². The quantitative estimate of drug-likeness (QED) is 0.575. The molecule has 2 amide bonds. The highest BCUT2D eigenvalue weighted by atomic mass is 79.9. The lowest BCUT2D eigenvalue weighted by molar-refractivity contribution is -0.384. The number of amides is 2. The number of para-hydroxylation sites is 1. The van der Waals surface area contributed by atoms with Crippen molar-refractivity contribution in [3.63, 3.8) is 0 Å². The second-order valence-electron chi connectivity index (χ2n) is 5.99. The number of carbonyl (C=O) groups excluding carboxylic acids is 2. The molecule has 27 heavy (non-hydrogen) atoms. The van der Waals surface area contributed by atoms with Crippen molar-refractivity contribution in [3.8, 4) is 5.75 Å². The molecule has 0 aromatic heterocycles. The van der Waals surface area contributed by atoms with Gasteiger partial charge in [-0.3, -0.25) is 19.7 Å². The molecule has 0 aliphatic carbocycles. The highest BCUT2D eigenvalue weighted by Gasteiger charge is 2.36. The maximum Gasteiger partial charge on any atom is 0.271 e. The van der Waals surface area contributed by atoms with Crippen LogP contribution in [-0.4, -0.2) is 30.4 Å². The van der Waals surface area contributed by atoms with Gasteiger partial charge in [0.15, 0.2) is 0 Å². The summed E-state index contributed by atoms with van der Waals surface area (Å²) in [5.41, 5.74) is 0.734. The van der Waals surface area contributed by atoms with E-state index >= 15 is 0 Å².